The van der Waals surface area contributed by atoms with E-state index < -0.39 is 11.4 Å². The van der Waals surface area contributed by atoms with Crippen molar-refractivity contribution in [3.05, 3.63) is 35.6 Å². The molecule has 2 rings (SSSR count). The topological polar surface area (TPSA) is 66.4 Å². The number of aliphatic carboxylic acids is 1. The Labute approximate surface area is 123 Å². The smallest absolute Gasteiger partial charge is 0.303 e. The summed E-state index contributed by atoms with van der Waals surface area (Å²) in [6, 6.07) is 6.42. The molecular formula is C16H20FNO3. The number of carboxylic acids is 1. The molecule has 0 bridgehead atoms. The van der Waals surface area contributed by atoms with Gasteiger partial charge in [-0.15, -0.1) is 0 Å². The zero-order valence-electron chi connectivity index (χ0n) is 11.9. The molecular weight excluding hydrogens is 273 g/mol. The third-order valence-corrected chi connectivity index (χ3v) is 4.13. The molecule has 1 fully saturated rings. The minimum absolute atomic E-state index is 0.0208. The minimum Gasteiger partial charge on any atom is -0.481 e. The predicted octanol–water partition coefficient (Wildman–Crippen LogP) is 2.62. The van der Waals surface area contributed by atoms with Crippen LogP contribution in [0.4, 0.5) is 4.39 Å². The first-order chi connectivity index (χ1) is 10.1. The second-order valence-corrected chi connectivity index (χ2v) is 5.52. The van der Waals surface area contributed by atoms with E-state index in [2.05, 4.69) is 5.32 Å². The van der Waals surface area contributed by atoms with Crippen molar-refractivity contribution in [2.45, 2.75) is 43.9 Å². The van der Waals surface area contributed by atoms with Gasteiger partial charge in [0.25, 0.3) is 0 Å². The van der Waals surface area contributed by atoms with Crippen molar-refractivity contribution in [3.8, 4) is 0 Å². The number of rotatable bonds is 6. The van der Waals surface area contributed by atoms with Crippen LogP contribution in [0.1, 0.15) is 44.1 Å². The summed E-state index contributed by atoms with van der Waals surface area (Å²) in [5, 5.41) is 11.4. The van der Waals surface area contributed by atoms with Gasteiger partial charge in [-0.2, -0.15) is 0 Å². The van der Waals surface area contributed by atoms with Gasteiger partial charge in [0, 0.05) is 18.5 Å². The lowest BCUT2D eigenvalue weighted by atomic mass is 9.77. The molecule has 1 saturated carbocycles. The largest absolute Gasteiger partial charge is 0.481 e. The Morgan fingerprint density at radius 3 is 2.52 bits per heavy atom. The molecule has 1 aliphatic rings. The zero-order chi connectivity index (χ0) is 15.3. The maximum Gasteiger partial charge on any atom is 0.303 e. The van der Waals surface area contributed by atoms with Gasteiger partial charge in [0.2, 0.25) is 5.91 Å². The molecule has 4 nitrogen and oxygen atoms in total. The van der Waals surface area contributed by atoms with Crippen LogP contribution in [0.3, 0.4) is 0 Å². The van der Waals surface area contributed by atoms with Gasteiger partial charge in [0.1, 0.15) is 5.82 Å². The quantitative estimate of drug-likeness (QED) is 0.792. The fraction of sp³-hybridized carbons (Fsp3) is 0.500. The van der Waals surface area contributed by atoms with E-state index in [1.54, 1.807) is 18.2 Å². The van der Waals surface area contributed by atoms with Gasteiger partial charge in [-0.25, -0.2) is 4.39 Å². The van der Waals surface area contributed by atoms with Crippen LogP contribution in [0, 0.1) is 5.82 Å². The van der Waals surface area contributed by atoms with Gasteiger partial charge in [-0.1, -0.05) is 31.0 Å². The van der Waals surface area contributed by atoms with Crippen molar-refractivity contribution in [1.29, 1.82) is 0 Å². The summed E-state index contributed by atoms with van der Waals surface area (Å²) in [6.45, 7) is 0.307. The van der Waals surface area contributed by atoms with Gasteiger partial charge in [0.05, 0.1) is 5.41 Å². The van der Waals surface area contributed by atoms with Crippen molar-refractivity contribution in [3.63, 3.8) is 0 Å². The maximum atomic E-state index is 14.1. The van der Waals surface area contributed by atoms with Crippen LogP contribution in [0.2, 0.25) is 0 Å². The number of nitrogens with one attached hydrogen (secondary N) is 1. The SMILES string of the molecule is O=C(O)CCCNC(=O)C1(c2ccccc2F)CCCC1. The highest BCUT2D eigenvalue weighted by molar-refractivity contribution is 5.88. The molecule has 0 aromatic heterocycles. The summed E-state index contributed by atoms with van der Waals surface area (Å²) in [5.74, 6) is -1.41. The first kappa shape index (κ1) is 15.5. The van der Waals surface area contributed by atoms with E-state index in [0.717, 1.165) is 12.8 Å². The lowest BCUT2D eigenvalue weighted by Gasteiger charge is -2.28. The van der Waals surface area contributed by atoms with E-state index >= 15 is 0 Å². The Morgan fingerprint density at radius 2 is 1.90 bits per heavy atom. The molecule has 0 radical (unpaired) electrons. The summed E-state index contributed by atoms with van der Waals surface area (Å²) >= 11 is 0. The van der Waals surface area contributed by atoms with Gasteiger partial charge in [-0.05, 0) is 25.3 Å². The Bertz CT molecular complexity index is 524. The van der Waals surface area contributed by atoms with Crippen molar-refractivity contribution in [1.82, 2.24) is 5.32 Å². The van der Waals surface area contributed by atoms with Crippen LogP contribution in [0.15, 0.2) is 24.3 Å². The average Bonchev–Trinajstić information content (AvgIpc) is 2.94. The highest BCUT2D eigenvalue weighted by Gasteiger charge is 2.44. The normalized spacial score (nSPS) is 16.6. The van der Waals surface area contributed by atoms with E-state index in [9.17, 15) is 14.0 Å². The molecule has 0 spiro atoms. The van der Waals surface area contributed by atoms with Crippen LogP contribution < -0.4 is 5.32 Å². The van der Waals surface area contributed by atoms with E-state index in [-0.39, 0.29) is 18.1 Å². The zero-order valence-corrected chi connectivity index (χ0v) is 11.9. The third-order valence-electron chi connectivity index (χ3n) is 4.13. The minimum atomic E-state index is -0.881. The van der Waals surface area contributed by atoms with Gasteiger partial charge >= 0.3 is 5.97 Å². The molecule has 21 heavy (non-hydrogen) atoms. The lowest BCUT2D eigenvalue weighted by molar-refractivity contribution is -0.137. The number of amides is 1. The maximum absolute atomic E-state index is 14.1. The molecule has 5 heteroatoms. The van der Waals surface area contributed by atoms with Crippen LogP contribution >= 0.6 is 0 Å². The molecule has 1 amide bonds. The molecule has 1 aromatic rings. The Hall–Kier alpha value is -1.91. The molecule has 0 aliphatic heterocycles. The van der Waals surface area contributed by atoms with Crippen molar-refractivity contribution >= 4 is 11.9 Å². The lowest BCUT2D eigenvalue weighted by Crippen LogP contribution is -2.43. The van der Waals surface area contributed by atoms with Gasteiger partial charge < -0.3 is 10.4 Å². The molecule has 1 aliphatic carbocycles. The van der Waals surface area contributed by atoms with Crippen molar-refractivity contribution in [2.75, 3.05) is 6.54 Å². The molecule has 0 saturated heterocycles. The first-order valence-corrected chi connectivity index (χ1v) is 7.31. The van der Waals surface area contributed by atoms with Crippen molar-refractivity contribution in [2.24, 2.45) is 0 Å². The number of hydrogen-bond donors (Lipinski definition) is 2. The molecule has 0 atom stereocenters. The number of hydrogen-bond acceptors (Lipinski definition) is 2. The second kappa shape index (κ2) is 6.70. The van der Waals surface area contributed by atoms with Crippen LogP contribution in [-0.4, -0.2) is 23.5 Å². The van der Waals surface area contributed by atoms with Crippen LogP contribution in [-0.2, 0) is 15.0 Å². The monoisotopic (exact) mass is 293 g/mol. The fourth-order valence-electron chi connectivity index (χ4n) is 3.06. The predicted molar refractivity (Wildman–Crippen MR) is 76.4 cm³/mol. The Kier molecular flexibility index (Phi) is 4.94. The average molecular weight is 293 g/mol. The summed E-state index contributed by atoms with van der Waals surface area (Å²) in [4.78, 5) is 23.0. The van der Waals surface area contributed by atoms with E-state index in [1.165, 1.54) is 6.07 Å². The van der Waals surface area contributed by atoms with Crippen molar-refractivity contribution < 1.29 is 19.1 Å². The van der Waals surface area contributed by atoms with E-state index in [4.69, 9.17) is 5.11 Å². The summed E-state index contributed by atoms with van der Waals surface area (Å²) in [5.41, 5.74) is -0.340. The summed E-state index contributed by atoms with van der Waals surface area (Å²) in [7, 11) is 0. The van der Waals surface area contributed by atoms with Crippen LogP contribution in [0.5, 0.6) is 0 Å². The number of benzene rings is 1. The molecule has 0 unspecified atom stereocenters. The molecule has 1 aromatic carbocycles. The highest BCUT2D eigenvalue weighted by atomic mass is 19.1. The fourth-order valence-corrected chi connectivity index (χ4v) is 3.06. The Morgan fingerprint density at radius 1 is 1.24 bits per heavy atom. The number of carboxylic acid groups (broad SMARTS) is 1. The summed E-state index contributed by atoms with van der Waals surface area (Å²) in [6.07, 6.45) is 3.48. The Balaban J connectivity index is 2.10. The first-order valence-electron chi connectivity index (χ1n) is 7.31. The van der Waals surface area contributed by atoms with Crippen LogP contribution in [0.25, 0.3) is 0 Å². The number of halogens is 1. The second-order valence-electron chi connectivity index (χ2n) is 5.52. The van der Waals surface area contributed by atoms with Gasteiger partial charge in [0.15, 0.2) is 0 Å². The van der Waals surface area contributed by atoms with E-state index in [0.29, 0.717) is 31.4 Å². The molecule has 0 heterocycles. The molecule has 2 N–H and O–H groups in total. The standard InChI is InChI=1S/C16H20FNO3/c17-13-7-2-1-6-12(13)16(9-3-4-10-16)15(21)18-11-5-8-14(19)20/h1-2,6-7H,3-5,8-11H2,(H,18,21)(H,19,20). The summed E-state index contributed by atoms with van der Waals surface area (Å²) < 4.78 is 14.1. The number of carbonyl (C=O) groups excluding carboxylic acids is 1. The van der Waals surface area contributed by atoms with E-state index in [1.807, 2.05) is 0 Å². The third kappa shape index (κ3) is 3.40. The highest BCUT2D eigenvalue weighted by Crippen LogP contribution is 2.42. The van der Waals surface area contributed by atoms with Gasteiger partial charge in [-0.3, -0.25) is 9.59 Å². The molecule has 114 valence electrons. The number of carbonyl (C=O) groups is 2.